The Morgan fingerprint density at radius 2 is 1.95 bits per heavy atom. The molecule has 0 spiro atoms. The van der Waals surface area contributed by atoms with Gasteiger partial charge >= 0.3 is 5.97 Å². The van der Waals surface area contributed by atoms with Crippen molar-refractivity contribution in [1.29, 1.82) is 0 Å². The van der Waals surface area contributed by atoms with Crippen molar-refractivity contribution in [1.82, 2.24) is 9.97 Å². The minimum atomic E-state index is -0.541. The third-order valence-corrected chi connectivity index (χ3v) is 3.00. The lowest BCUT2D eigenvalue weighted by molar-refractivity contribution is 0.0586. The molecule has 1 aromatic carbocycles. The topological polar surface area (TPSA) is 81.3 Å². The van der Waals surface area contributed by atoms with Crippen molar-refractivity contribution in [3.63, 3.8) is 0 Å². The number of ether oxygens (including phenoxy) is 1. The van der Waals surface area contributed by atoms with Crippen LogP contribution in [0.1, 0.15) is 21.9 Å². The number of nitrogen functional groups attached to an aromatic ring is 1. The van der Waals surface area contributed by atoms with Crippen LogP contribution in [-0.2, 0) is 11.3 Å². The van der Waals surface area contributed by atoms with E-state index < -0.39 is 5.97 Å². The third-order valence-electron chi connectivity index (χ3n) is 3.00. The highest BCUT2D eigenvalue weighted by Gasteiger charge is 2.13. The molecule has 0 bridgehead atoms. The van der Waals surface area contributed by atoms with E-state index in [9.17, 15) is 4.79 Å². The Morgan fingerprint density at radius 1 is 1.29 bits per heavy atom. The molecule has 0 aliphatic rings. The fourth-order valence-electron chi connectivity index (χ4n) is 1.91. The van der Waals surface area contributed by atoms with Crippen LogP contribution in [0.25, 0.3) is 0 Å². The summed E-state index contributed by atoms with van der Waals surface area (Å²) >= 11 is 0. The summed E-state index contributed by atoms with van der Waals surface area (Å²) < 4.78 is 4.66. The SMILES string of the molecule is COC(=O)c1nc(C)cc(N(C)Cc2ccc(N)cc2)n1. The fourth-order valence-corrected chi connectivity index (χ4v) is 1.91. The van der Waals surface area contributed by atoms with Gasteiger partial charge in [-0.25, -0.2) is 14.8 Å². The number of carbonyl (C=O) groups is 1. The van der Waals surface area contributed by atoms with Crippen LogP contribution in [0.15, 0.2) is 30.3 Å². The zero-order valence-electron chi connectivity index (χ0n) is 12.3. The van der Waals surface area contributed by atoms with E-state index in [2.05, 4.69) is 14.7 Å². The zero-order valence-corrected chi connectivity index (χ0v) is 12.3. The van der Waals surface area contributed by atoms with Gasteiger partial charge in [0.05, 0.1) is 7.11 Å². The van der Waals surface area contributed by atoms with Crippen LogP contribution in [0, 0.1) is 6.92 Å². The molecule has 110 valence electrons. The van der Waals surface area contributed by atoms with Crippen molar-refractivity contribution in [2.24, 2.45) is 0 Å². The largest absolute Gasteiger partial charge is 0.463 e. The van der Waals surface area contributed by atoms with Gasteiger partial charge in [0.2, 0.25) is 5.82 Å². The number of aromatic nitrogens is 2. The molecule has 0 aliphatic heterocycles. The van der Waals surface area contributed by atoms with Gasteiger partial charge in [0.1, 0.15) is 5.82 Å². The van der Waals surface area contributed by atoms with Crippen LogP contribution in [0.4, 0.5) is 11.5 Å². The lowest BCUT2D eigenvalue weighted by Crippen LogP contribution is -2.20. The van der Waals surface area contributed by atoms with E-state index in [1.54, 1.807) is 0 Å². The van der Waals surface area contributed by atoms with Crippen LogP contribution >= 0.6 is 0 Å². The number of esters is 1. The smallest absolute Gasteiger partial charge is 0.376 e. The standard InChI is InChI=1S/C15H18N4O2/c1-10-8-13(18-14(17-10)15(20)21-3)19(2)9-11-4-6-12(16)7-5-11/h4-8H,9,16H2,1-3H3. The number of hydrogen-bond donors (Lipinski definition) is 1. The zero-order chi connectivity index (χ0) is 15.4. The number of anilines is 2. The van der Waals surface area contributed by atoms with Crippen molar-refractivity contribution in [3.8, 4) is 0 Å². The van der Waals surface area contributed by atoms with Crippen LogP contribution in [0.2, 0.25) is 0 Å². The summed E-state index contributed by atoms with van der Waals surface area (Å²) in [4.78, 5) is 21.8. The molecule has 1 heterocycles. The molecule has 2 rings (SSSR count). The Kier molecular flexibility index (Phi) is 4.37. The highest BCUT2D eigenvalue weighted by atomic mass is 16.5. The number of rotatable bonds is 4. The summed E-state index contributed by atoms with van der Waals surface area (Å²) in [6.45, 7) is 2.46. The number of benzene rings is 1. The van der Waals surface area contributed by atoms with E-state index in [0.29, 0.717) is 18.1 Å². The molecule has 0 fully saturated rings. The number of nitrogens with two attached hydrogens (primary N) is 1. The van der Waals surface area contributed by atoms with Gasteiger partial charge in [0.15, 0.2) is 0 Å². The summed E-state index contributed by atoms with van der Waals surface area (Å²) in [6.07, 6.45) is 0. The van der Waals surface area contributed by atoms with Crippen LogP contribution in [0.3, 0.4) is 0 Å². The van der Waals surface area contributed by atoms with E-state index in [0.717, 1.165) is 11.3 Å². The molecule has 0 amide bonds. The fraction of sp³-hybridized carbons (Fsp3) is 0.267. The van der Waals surface area contributed by atoms with Gasteiger partial charge in [-0.3, -0.25) is 0 Å². The van der Waals surface area contributed by atoms with Crippen LogP contribution < -0.4 is 10.6 Å². The second kappa shape index (κ2) is 6.21. The van der Waals surface area contributed by atoms with Gasteiger partial charge in [-0.05, 0) is 24.6 Å². The summed E-state index contributed by atoms with van der Waals surface area (Å²) in [6, 6.07) is 9.45. The average Bonchev–Trinajstić information content (AvgIpc) is 2.48. The molecule has 0 atom stereocenters. The number of nitrogens with zero attached hydrogens (tertiary/aromatic N) is 3. The number of aryl methyl sites for hydroxylation is 1. The second-order valence-corrected chi connectivity index (χ2v) is 4.78. The van der Waals surface area contributed by atoms with E-state index in [1.165, 1.54) is 7.11 Å². The Labute approximate surface area is 123 Å². The maximum Gasteiger partial charge on any atom is 0.376 e. The van der Waals surface area contributed by atoms with Crippen molar-refractivity contribution >= 4 is 17.5 Å². The minimum Gasteiger partial charge on any atom is -0.463 e. The Bertz CT molecular complexity index is 641. The summed E-state index contributed by atoms with van der Waals surface area (Å²) in [5, 5.41) is 0. The quantitative estimate of drug-likeness (QED) is 0.681. The van der Waals surface area contributed by atoms with E-state index in [-0.39, 0.29) is 5.82 Å². The lowest BCUT2D eigenvalue weighted by atomic mass is 10.2. The molecule has 0 radical (unpaired) electrons. The molecular weight excluding hydrogens is 268 g/mol. The molecule has 0 unspecified atom stereocenters. The van der Waals surface area contributed by atoms with Gasteiger partial charge in [-0.15, -0.1) is 0 Å². The highest BCUT2D eigenvalue weighted by Crippen LogP contribution is 2.15. The Hall–Kier alpha value is -2.63. The van der Waals surface area contributed by atoms with Gasteiger partial charge in [-0.2, -0.15) is 0 Å². The number of hydrogen-bond acceptors (Lipinski definition) is 6. The number of methoxy groups -OCH3 is 1. The molecule has 0 saturated heterocycles. The van der Waals surface area contributed by atoms with Crippen molar-refractivity contribution in [3.05, 3.63) is 47.4 Å². The molecule has 0 aliphatic carbocycles. The van der Waals surface area contributed by atoms with Gasteiger partial charge in [0, 0.05) is 31.0 Å². The Balaban J connectivity index is 2.22. The van der Waals surface area contributed by atoms with Crippen molar-refractivity contribution in [2.45, 2.75) is 13.5 Å². The van der Waals surface area contributed by atoms with E-state index in [4.69, 9.17) is 5.73 Å². The molecule has 21 heavy (non-hydrogen) atoms. The molecule has 2 N–H and O–H groups in total. The summed E-state index contributed by atoms with van der Waals surface area (Å²) in [5.41, 5.74) is 8.21. The van der Waals surface area contributed by atoms with Crippen molar-refractivity contribution < 1.29 is 9.53 Å². The van der Waals surface area contributed by atoms with Gasteiger partial charge in [-0.1, -0.05) is 12.1 Å². The lowest BCUT2D eigenvalue weighted by Gasteiger charge is -2.19. The molecule has 6 nitrogen and oxygen atoms in total. The molecule has 1 aromatic heterocycles. The van der Waals surface area contributed by atoms with E-state index >= 15 is 0 Å². The third kappa shape index (κ3) is 3.68. The minimum absolute atomic E-state index is 0.0663. The Morgan fingerprint density at radius 3 is 2.57 bits per heavy atom. The van der Waals surface area contributed by atoms with Gasteiger partial charge < -0.3 is 15.4 Å². The first-order valence-corrected chi connectivity index (χ1v) is 6.49. The molecular formula is C15H18N4O2. The summed E-state index contributed by atoms with van der Waals surface area (Å²) in [7, 11) is 3.21. The monoisotopic (exact) mass is 286 g/mol. The second-order valence-electron chi connectivity index (χ2n) is 4.78. The van der Waals surface area contributed by atoms with Crippen LogP contribution in [-0.4, -0.2) is 30.1 Å². The first kappa shape index (κ1) is 14.8. The number of carbonyl (C=O) groups excluding carboxylic acids is 1. The first-order chi connectivity index (χ1) is 9.99. The maximum atomic E-state index is 11.6. The van der Waals surface area contributed by atoms with Crippen molar-refractivity contribution in [2.75, 3.05) is 24.8 Å². The summed E-state index contributed by atoms with van der Waals surface area (Å²) in [5.74, 6) is 0.192. The first-order valence-electron chi connectivity index (χ1n) is 6.49. The molecule has 6 heteroatoms. The van der Waals surface area contributed by atoms with E-state index in [1.807, 2.05) is 49.2 Å². The normalized spacial score (nSPS) is 10.2. The predicted octanol–water partition coefficient (Wildman–Crippen LogP) is 1.79. The maximum absolute atomic E-state index is 11.6. The van der Waals surface area contributed by atoms with Crippen LogP contribution in [0.5, 0.6) is 0 Å². The highest BCUT2D eigenvalue weighted by molar-refractivity contribution is 5.85. The van der Waals surface area contributed by atoms with Gasteiger partial charge in [0.25, 0.3) is 0 Å². The molecule has 0 saturated carbocycles. The molecule has 2 aromatic rings. The predicted molar refractivity (Wildman–Crippen MR) is 81.1 cm³/mol. The average molecular weight is 286 g/mol.